The fourth-order valence-electron chi connectivity index (χ4n) is 4.48. The Morgan fingerprint density at radius 3 is 2.91 bits per heavy atom. The smallest absolute Gasteiger partial charge is 0.257 e. The highest BCUT2D eigenvalue weighted by atomic mass is 16.5. The minimum Gasteiger partial charge on any atom is -0.493 e. The van der Waals surface area contributed by atoms with E-state index in [2.05, 4.69) is 16.1 Å². The number of amides is 1. The molecule has 1 aromatic carbocycles. The molecule has 3 aromatic heterocycles. The van der Waals surface area contributed by atoms with E-state index in [4.69, 9.17) is 14.2 Å². The summed E-state index contributed by atoms with van der Waals surface area (Å²) >= 11 is 0. The lowest BCUT2D eigenvalue weighted by Crippen LogP contribution is -2.36. The van der Waals surface area contributed by atoms with Crippen LogP contribution in [0.3, 0.4) is 0 Å². The average Bonchev–Trinajstić information content (AvgIpc) is 3.27. The molecule has 0 N–H and O–H groups in total. The van der Waals surface area contributed by atoms with Gasteiger partial charge in [-0.3, -0.25) is 9.78 Å². The molecule has 0 radical (unpaired) electrons. The van der Waals surface area contributed by atoms with Crippen molar-refractivity contribution in [2.24, 2.45) is 5.92 Å². The minimum absolute atomic E-state index is 0.0991. The first-order valence-corrected chi connectivity index (χ1v) is 11.7. The molecule has 0 aliphatic carbocycles. The van der Waals surface area contributed by atoms with Crippen LogP contribution >= 0.6 is 0 Å². The van der Waals surface area contributed by atoms with Gasteiger partial charge in [0.2, 0.25) is 0 Å². The van der Waals surface area contributed by atoms with Crippen molar-refractivity contribution in [1.82, 2.24) is 19.5 Å². The van der Waals surface area contributed by atoms with Crippen molar-refractivity contribution in [1.29, 1.82) is 0 Å². The molecule has 8 nitrogen and oxygen atoms in total. The van der Waals surface area contributed by atoms with Crippen molar-refractivity contribution in [3.8, 4) is 11.5 Å². The molecule has 8 heteroatoms. The normalized spacial score (nSPS) is 16.1. The van der Waals surface area contributed by atoms with Crippen molar-refractivity contribution in [3.63, 3.8) is 0 Å². The monoisotopic (exact) mass is 472 g/mol. The number of nitrogens with zero attached hydrogens (tertiary/aromatic N) is 4. The van der Waals surface area contributed by atoms with Crippen molar-refractivity contribution >= 4 is 11.4 Å². The van der Waals surface area contributed by atoms with Crippen LogP contribution in [0.5, 0.6) is 11.5 Å². The molecule has 0 spiro atoms. The number of benzene rings is 1. The van der Waals surface area contributed by atoms with Gasteiger partial charge in [0, 0.05) is 37.6 Å². The number of para-hydroxylation sites is 1. The van der Waals surface area contributed by atoms with E-state index in [1.54, 1.807) is 31.6 Å². The van der Waals surface area contributed by atoms with Gasteiger partial charge in [0.25, 0.3) is 5.91 Å². The maximum atomic E-state index is 13.7. The molecule has 5 rings (SSSR count). The van der Waals surface area contributed by atoms with Crippen LogP contribution in [0, 0.1) is 5.92 Å². The molecule has 1 saturated heterocycles. The number of fused-ring (bicyclic) bond motifs is 1. The molecule has 0 bridgehead atoms. The predicted molar refractivity (Wildman–Crippen MR) is 131 cm³/mol. The van der Waals surface area contributed by atoms with Crippen molar-refractivity contribution < 1.29 is 19.0 Å². The van der Waals surface area contributed by atoms with E-state index in [-0.39, 0.29) is 18.4 Å². The van der Waals surface area contributed by atoms with Crippen LogP contribution in [-0.2, 0) is 17.8 Å². The number of hydrogen-bond acceptors (Lipinski definition) is 6. The van der Waals surface area contributed by atoms with Crippen LogP contribution in [0.25, 0.3) is 5.52 Å². The van der Waals surface area contributed by atoms with E-state index in [1.807, 2.05) is 52.0 Å². The van der Waals surface area contributed by atoms with Crippen molar-refractivity contribution in [2.75, 3.05) is 33.4 Å². The summed E-state index contributed by atoms with van der Waals surface area (Å²) in [5.74, 6) is 1.00. The van der Waals surface area contributed by atoms with Gasteiger partial charge in [0.05, 0.1) is 37.1 Å². The van der Waals surface area contributed by atoms with E-state index in [0.717, 1.165) is 17.6 Å². The lowest BCUT2D eigenvalue weighted by molar-refractivity contribution is 0.0731. The second-order valence-electron chi connectivity index (χ2n) is 8.54. The number of hydrogen-bond donors (Lipinski definition) is 0. The quantitative estimate of drug-likeness (QED) is 0.409. The third-order valence-corrected chi connectivity index (χ3v) is 6.18. The zero-order chi connectivity index (χ0) is 24.0. The zero-order valence-corrected chi connectivity index (χ0v) is 19.7. The molecule has 0 saturated carbocycles. The third-order valence-electron chi connectivity index (χ3n) is 6.18. The van der Waals surface area contributed by atoms with Gasteiger partial charge >= 0.3 is 0 Å². The molecular weight excluding hydrogens is 444 g/mol. The largest absolute Gasteiger partial charge is 0.493 e. The summed E-state index contributed by atoms with van der Waals surface area (Å²) in [4.78, 5) is 19.9. The van der Waals surface area contributed by atoms with Crippen LogP contribution < -0.4 is 9.47 Å². The minimum atomic E-state index is -0.0991. The Kier molecular flexibility index (Phi) is 6.90. The molecule has 1 fully saturated rings. The number of ether oxygens (including phenoxy) is 3. The van der Waals surface area contributed by atoms with Gasteiger partial charge in [0.1, 0.15) is 6.61 Å². The van der Waals surface area contributed by atoms with E-state index in [0.29, 0.717) is 43.4 Å². The Bertz CT molecular complexity index is 1290. The maximum Gasteiger partial charge on any atom is 0.257 e. The van der Waals surface area contributed by atoms with Gasteiger partial charge in [-0.1, -0.05) is 18.2 Å². The van der Waals surface area contributed by atoms with Crippen molar-refractivity contribution in [3.05, 3.63) is 90.0 Å². The molecule has 1 aliphatic heterocycles. The maximum absolute atomic E-state index is 13.7. The van der Waals surface area contributed by atoms with Crippen LogP contribution in [0.4, 0.5) is 0 Å². The SMILES string of the molecule is COc1cccc(C(=O)N2CCOC[C@H](Cc3cccn4nccc34)C2)c1OCc1ccccn1. The van der Waals surface area contributed by atoms with Gasteiger partial charge < -0.3 is 19.1 Å². The molecule has 4 heterocycles. The summed E-state index contributed by atoms with van der Waals surface area (Å²) < 4.78 is 19.4. The number of carbonyl (C=O) groups excluding carboxylic acids is 1. The molecule has 0 unspecified atom stereocenters. The Balaban J connectivity index is 1.36. The summed E-state index contributed by atoms with van der Waals surface area (Å²) in [5.41, 5.74) is 3.51. The summed E-state index contributed by atoms with van der Waals surface area (Å²) in [5, 5.41) is 4.33. The van der Waals surface area contributed by atoms with Crippen LogP contribution in [0.1, 0.15) is 21.6 Å². The topological polar surface area (TPSA) is 78.2 Å². The first-order chi connectivity index (χ1) is 17.2. The number of pyridine rings is 2. The third kappa shape index (κ3) is 5.12. The summed E-state index contributed by atoms with van der Waals surface area (Å²) in [6, 6.07) is 17.2. The summed E-state index contributed by atoms with van der Waals surface area (Å²) in [6.45, 7) is 2.43. The zero-order valence-electron chi connectivity index (χ0n) is 19.7. The highest BCUT2D eigenvalue weighted by Gasteiger charge is 2.27. The second-order valence-corrected chi connectivity index (χ2v) is 8.54. The summed E-state index contributed by atoms with van der Waals surface area (Å²) in [6.07, 6.45) is 6.25. The predicted octanol–water partition coefficient (Wildman–Crippen LogP) is 3.65. The molecule has 4 aromatic rings. The molecular formula is C27H28N4O4. The second kappa shape index (κ2) is 10.6. The number of rotatable bonds is 7. The Labute approximate surface area is 204 Å². The van der Waals surface area contributed by atoms with Crippen LogP contribution in [0.2, 0.25) is 0 Å². The highest BCUT2D eigenvalue weighted by molar-refractivity contribution is 5.97. The Morgan fingerprint density at radius 1 is 1.11 bits per heavy atom. The number of methoxy groups -OCH3 is 1. The summed E-state index contributed by atoms with van der Waals surface area (Å²) in [7, 11) is 1.57. The van der Waals surface area contributed by atoms with Gasteiger partial charge in [-0.05, 0) is 48.4 Å². The lowest BCUT2D eigenvalue weighted by Gasteiger charge is -2.25. The van der Waals surface area contributed by atoms with Crippen LogP contribution in [-0.4, -0.2) is 58.8 Å². The lowest BCUT2D eigenvalue weighted by atomic mass is 9.99. The Morgan fingerprint density at radius 2 is 2.06 bits per heavy atom. The molecule has 180 valence electrons. The standard InChI is InChI=1S/C27H28N4O4/c1-33-25-9-4-8-23(26(25)35-19-22-7-2-3-11-28-22)27(32)30-14-15-34-18-20(17-30)16-21-6-5-13-31-24(21)10-12-29-31/h2-13,20H,14-19H2,1H3/t20-/m1/s1. The first-order valence-electron chi connectivity index (χ1n) is 11.7. The highest BCUT2D eigenvalue weighted by Crippen LogP contribution is 2.33. The van der Waals surface area contributed by atoms with Gasteiger partial charge in [0.15, 0.2) is 11.5 Å². The van der Waals surface area contributed by atoms with Gasteiger partial charge in [-0.2, -0.15) is 5.10 Å². The molecule has 1 atom stereocenters. The van der Waals surface area contributed by atoms with E-state index in [1.165, 1.54) is 5.56 Å². The average molecular weight is 473 g/mol. The van der Waals surface area contributed by atoms with E-state index >= 15 is 0 Å². The van der Waals surface area contributed by atoms with Crippen molar-refractivity contribution in [2.45, 2.75) is 13.0 Å². The van der Waals surface area contributed by atoms with E-state index < -0.39 is 0 Å². The van der Waals surface area contributed by atoms with Gasteiger partial charge in [-0.25, -0.2) is 4.52 Å². The fourth-order valence-corrected chi connectivity index (χ4v) is 4.48. The van der Waals surface area contributed by atoms with E-state index in [9.17, 15) is 4.79 Å². The van der Waals surface area contributed by atoms with Crippen LogP contribution in [0.15, 0.2) is 73.2 Å². The fraction of sp³-hybridized carbons (Fsp3) is 0.296. The molecule has 1 aliphatic rings. The van der Waals surface area contributed by atoms with Gasteiger partial charge in [-0.15, -0.1) is 0 Å². The molecule has 35 heavy (non-hydrogen) atoms. The Hall–Kier alpha value is -3.91. The first kappa shape index (κ1) is 22.9. The molecule has 1 amide bonds. The number of aromatic nitrogens is 3. The number of carbonyl (C=O) groups is 1.